The van der Waals surface area contributed by atoms with Crippen molar-refractivity contribution >= 4 is 20.0 Å². The Labute approximate surface area is 259 Å². The minimum Gasteiger partial charge on any atom is -0.312 e. The summed E-state index contributed by atoms with van der Waals surface area (Å²) >= 11 is 0. The van der Waals surface area contributed by atoms with Gasteiger partial charge in [0.05, 0.1) is 12.5 Å². The molecule has 3 aliphatic heterocycles. The first-order valence-corrected chi connectivity index (χ1v) is 19.3. The summed E-state index contributed by atoms with van der Waals surface area (Å²) in [5, 5.41) is 0. The zero-order valence-electron chi connectivity index (χ0n) is 25.6. The highest BCUT2D eigenvalue weighted by Gasteiger charge is 2.33. The molecule has 0 bridgehead atoms. The van der Waals surface area contributed by atoms with Crippen LogP contribution >= 0.6 is 0 Å². The van der Waals surface area contributed by atoms with E-state index < -0.39 is 31.7 Å². The number of imidazole rings is 1. The SMILES string of the molecule is CS(=O)(=O)N1CCC(Cn2c(C3CCN(CC[C@@H](c4cc(F)cc(F)c4)C4CCN(S(C)(=O)=O)CC4)CC3)c[nH]c2=O)CC1. The molecule has 1 aromatic heterocycles. The van der Waals surface area contributed by atoms with Crippen LogP contribution in [0.15, 0.2) is 29.2 Å². The van der Waals surface area contributed by atoms with Gasteiger partial charge in [-0.05, 0) is 100 Å². The monoisotopic (exact) mass is 657 g/mol. The van der Waals surface area contributed by atoms with Gasteiger partial charge in [0.15, 0.2) is 0 Å². The van der Waals surface area contributed by atoms with Crippen molar-refractivity contribution < 1.29 is 25.6 Å². The molecule has 246 valence electrons. The standard InChI is InChI=1S/C30H45F2N5O5S2/c1-43(39,40)35-13-3-22(4-14-35)21-37-29(20-33-30(37)38)24-5-10-34(11-6-24)12-9-28(25-17-26(31)19-27(32)18-25)23-7-15-36(16-8-23)44(2,41)42/h17-20,22-24,28H,3-16,21H2,1-2H3,(H,33,38)/t28-/m1/s1. The van der Waals surface area contributed by atoms with E-state index in [1.54, 1.807) is 0 Å². The molecule has 0 saturated carbocycles. The molecule has 5 rings (SSSR count). The van der Waals surface area contributed by atoms with Gasteiger partial charge in [0, 0.05) is 56.6 Å². The fourth-order valence-corrected chi connectivity index (χ4v) is 9.21. The molecular weight excluding hydrogens is 612 g/mol. The Bertz CT molecular complexity index is 1530. The van der Waals surface area contributed by atoms with E-state index in [4.69, 9.17) is 0 Å². The number of hydrogen-bond acceptors (Lipinski definition) is 6. The maximum absolute atomic E-state index is 14.2. The Morgan fingerprint density at radius 3 is 1.91 bits per heavy atom. The summed E-state index contributed by atoms with van der Waals surface area (Å²) in [6, 6.07) is 3.72. The minimum atomic E-state index is -3.27. The van der Waals surface area contributed by atoms with Gasteiger partial charge in [-0.25, -0.2) is 39.0 Å². The van der Waals surface area contributed by atoms with Gasteiger partial charge in [-0.15, -0.1) is 0 Å². The molecule has 2 aromatic rings. The largest absolute Gasteiger partial charge is 0.325 e. The van der Waals surface area contributed by atoms with Crippen molar-refractivity contribution in [1.29, 1.82) is 0 Å². The van der Waals surface area contributed by atoms with E-state index in [0.717, 1.165) is 63.5 Å². The van der Waals surface area contributed by atoms with Gasteiger partial charge in [0.1, 0.15) is 11.6 Å². The van der Waals surface area contributed by atoms with E-state index in [0.29, 0.717) is 51.1 Å². The van der Waals surface area contributed by atoms with Crippen LogP contribution in [-0.4, -0.2) is 98.2 Å². The van der Waals surface area contributed by atoms with E-state index in [1.165, 1.54) is 33.3 Å². The number of piperidine rings is 3. The van der Waals surface area contributed by atoms with Crippen LogP contribution < -0.4 is 5.69 Å². The van der Waals surface area contributed by atoms with Gasteiger partial charge < -0.3 is 9.88 Å². The highest BCUT2D eigenvalue weighted by molar-refractivity contribution is 7.88. The number of nitrogens with one attached hydrogen (secondary N) is 1. The lowest BCUT2D eigenvalue weighted by Crippen LogP contribution is -2.40. The topological polar surface area (TPSA) is 116 Å². The molecule has 0 amide bonds. The van der Waals surface area contributed by atoms with Gasteiger partial charge in [-0.3, -0.25) is 4.57 Å². The molecule has 10 nitrogen and oxygen atoms in total. The number of aromatic amines is 1. The zero-order chi connectivity index (χ0) is 31.6. The number of halogens is 2. The van der Waals surface area contributed by atoms with E-state index in [1.807, 2.05) is 10.8 Å². The Kier molecular flexibility index (Phi) is 10.3. The summed E-state index contributed by atoms with van der Waals surface area (Å²) in [5.41, 5.74) is 1.51. The number of rotatable bonds is 10. The van der Waals surface area contributed by atoms with Crippen LogP contribution in [0.2, 0.25) is 0 Å². The third-order valence-electron chi connectivity index (χ3n) is 10.00. The number of nitrogens with zero attached hydrogens (tertiary/aromatic N) is 4. The third kappa shape index (κ3) is 8.17. The fourth-order valence-electron chi connectivity index (χ4n) is 7.46. The molecule has 0 unspecified atom stereocenters. The van der Waals surface area contributed by atoms with Crippen LogP contribution in [-0.2, 0) is 26.6 Å². The summed E-state index contributed by atoms with van der Waals surface area (Å²) in [5.74, 6) is -0.673. The van der Waals surface area contributed by atoms with Crippen LogP contribution in [0.5, 0.6) is 0 Å². The van der Waals surface area contributed by atoms with Crippen LogP contribution in [0.4, 0.5) is 8.78 Å². The number of likely N-dealkylation sites (tertiary alicyclic amines) is 1. The summed E-state index contributed by atoms with van der Waals surface area (Å²) in [6.45, 7) is 4.82. The maximum atomic E-state index is 14.2. The smallest absolute Gasteiger partial charge is 0.312 e. The molecule has 44 heavy (non-hydrogen) atoms. The summed E-state index contributed by atoms with van der Waals surface area (Å²) < 4.78 is 81.1. The lowest BCUT2D eigenvalue weighted by Gasteiger charge is -2.37. The van der Waals surface area contributed by atoms with E-state index in [-0.39, 0.29) is 29.4 Å². The van der Waals surface area contributed by atoms with Crippen LogP contribution in [0.3, 0.4) is 0 Å². The first-order chi connectivity index (χ1) is 20.8. The molecule has 0 radical (unpaired) electrons. The summed E-state index contributed by atoms with van der Waals surface area (Å²) in [4.78, 5) is 18.0. The van der Waals surface area contributed by atoms with Crippen LogP contribution in [0.25, 0.3) is 0 Å². The molecule has 0 spiro atoms. The fraction of sp³-hybridized carbons (Fsp3) is 0.700. The molecule has 3 aliphatic rings. The first-order valence-electron chi connectivity index (χ1n) is 15.6. The Balaban J connectivity index is 1.18. The van der Waals surface area contributed by atoms with Crippen molar-refractivity contribution in [3.63, 3.8) is 0 Å². The van der Waals surface area contributed by atoms with Crippen molar-refractivity contribution in [2.75, 3.05) is 58.3 Å². The molecule has 3 fully saturated rings. The van der Waals surface area contributed by atoms with Gasteiger partial charge in [-0.2, -0.15) is 0 Å². The second kappa shape index (κ2) is 13.7. The second-order valence-corrected chi connectivity index (χ2v) is 16.9. The number of sulfonamides is 2. The van der Waals surface area contributed by atoms with Crippen molar-refractivity contribution in [2.45, 2.75) is 63.3 Å². The number of aromatic nitrogens is 2. The molecule has 1 N–H and O–H groups in total. The number of benzene rings is 1. The lowest BCUT2D eigenvalue weighted by molar-refractivity contribution is 0.181. The van der Waals surface area contributed by atoms with Crippen LogP contribution in [0.1, 0.15) is 68.0 Å². The van der Waals surface area contributed by atoms with Gasteiger partial charge >= 0.3 is 5.69 Å². The van der Waals surface area contributed by atoms with Crippen LogP contribution in [0, 0.1) is 23.5 Å². The van der Waals surface area contributed by atoms with E-state index >= 15 is 0 Å². The van der Waals surface area contributed by atoms with Crippen molar-refractivity contribution in [1.82, 2.24) is 23.1 Å². The summed E-state index contributed by atoms with van der Waals surface area (Å²) in [6.07, 6.45) is 9.52. The molecule has 0 aliphatic carbocycles. The third-order valence-corrected chi connectivity index (χ3v) is 12.6. The molecular formula is C30H45F2N5O5S2. The Hall–Kier alpha value is -2.13. The normalized spacial score (nSPS) is 22.0. The summed E-state index contributed by atoms with van der Waals surface area (Å²) in [7, 11) is -6.47. The van der Waals surface area contributed by atoms with E-state index in [9.17, 15) is 30.4 Å². The number of H-pyrrole nitrogens is 1. The highest BCUT2D eigenvalue weighted by atomic mass is 32.2. The average molecular weight is 658 g/mol. The van der Waals surface area contributed by atoms with Crippen molar-refractivity contribution in [3.05, 3.63) is 57.8 Å². The van der Waals surface area contributed by atoms with Crippen molar-refractivity contribution in [3.8, 4) is 0 Å². The maximum Gasteiger partial charge on any atom is 0.325 e. The molecule has 1 aromatic carbocycles. The van der Waals surface area contributed by atoms with E-state index in [2.05, 4.69) is 9.88 Å². The van der Waals surface area contributed by atoms with Crippen molar-refractivity contribution in [2.24, 2.45) is 11.8 Å². The number of hydrogen-bond donors (Lipinski definition) is 1. The molecule has 3 saturated heterocycles. The Morgan fingerprint density at radius 2 is 1.36 bits per heavy atom. The highest BCUT2D eigenvalue weighted by Crippen LogP contribution is 2.37. The molecule has 14 heteroatoms. The lowest BCUT2D eigenvalue weighted by atomic mass is 9.78. The molecule has 4 heterocycles. The quantitative estimate of drug-likeness (QED) is 0.420. The van der Waals surface area contributed by atoms with Gasteiger partial charge in [0.25, 0.3) is 0 Å². The zero-order valence-corrected chi connectivity index (χ0v) is 27.3. The average Bonchev–Trinajstić information content (AvgIpc) is 3.32. The van der Waals surface area contributed by atoms with Gasteiger partial charge in [-0.1, -0.05) is 0 Å². The Morgan fingerprint density at radius 1 is 0.818 bits per heavy atom. The first kappa shape index (κ1) is 33.2. The second-order valence-electron chi connectivity index (χ2n) is 12.9. The predicted octanol–water partition coefficient (Wildman–Crippen LogP) is 3.15. The van der Waals surface area contributed by atoms with Gasteiger partial charge in [0.2, 0.25) is 20.0 Å². The predicted molar refractivity (Wildman–Crippen MR) is 165 cm³/mol. The molecule has 1 atom stereocenters. The minimum absolute atomic E-state index is 0.0800.